The van der Waals surface area contributed by atoms with Crippen molar-refractivity contribution < 1.29 is 4.79 Å². The topological polar surface area (TPSA) is 35.6 Å². The van der Waals surface area contributed by atoms with Gasteiger partial charge in [-0.3, -0.25) is 0 Å². The van der Waals surface area contributed by atoms with E-state index in [1.807, 2.05) is 16.8 Å². The lowest BCUT2D eigenvalue weighted by molar-refractivity contribution is 0.0816. The summed E-state index contributed by atoms with van der Waals surface area (Å²) >= 11 is 0. The molecule has 0 aromatic rings. The second kappa shape index (κ2) is 4.62. The number of carbonyl (C=O) groups is 1. The molecular weight excluding hydrogens is 202 g/mol. The molecule has 0 radical (unpaired) electrons. The highest BCUT2D eigenvalue weighted by molar-refractivity contribution is 5.75. The van der Waals surface area contributed by atoms with Gasteiger partial charge in [0.1, 0.15) is 0 Å². The third-order valence-corrected chi connectivity index (χ3v) is 3.97. The van der Waals surface area contributed by atoms with Gasteiger partial charge in [-0.05, 0) is 33.1 Å². The van der Waals surface area contributed by atoms with E-state index in [1.165, 1.54) is 19.3 Å². The quantitative estimate of drug-likeness (QED) is 0.729. The van der Waals surface area contributed by atoms with E-state index in [0.29, 0.717) is 18.1 Å². The summed E-state index contributed by atoms with van der Waals surface area (Å²) in [6, 6.07) is 1.31. The van der Waals surface area contributed by atoms with Gasteiger partial charge in [0, 0.05) is 38.3 Å². The van der Waals surface area contributed by atoms with E-state index >= 15 is 0 Å². The molecule has 92 valence electrons. The number of urea groups is 1. The predicted octanol–water partition coefficient (Wildman–Crippen LogP) is 1.27. The molecule has 2 fully saturated rings. The summed E-state index contributed by atoms with van der Waals surface area (Å²) in [6.07, 6.45) is 3.63. The van der Waals surface area contributed by atoms with Crippen LogP contribution in [-0.4, -0.2) is 54.1 Å². The lowest BCUT2D eigenvalue weighted by Gasteiger charge is -2.44. The van der Waals surface area contributed by atoms with Crippen LogP contribution >= 0.6 is 0 Å². The van der Waals surface area contributed by atoms with Crippen LogP contribution in [0.2, 0.25) is 0 Å². The van der Waals surface area contributed by atoms with Gasteiger partial charge in [0.2, 0.25) is 0 Å². The Morgan fingerprint density at radius 1 is 1.25 bits per heavy atom. The number of amides is 2. The molecule has 0 unspecified atom stereocenters. The Balaban J connectivity index is 2.00. The van der Waals surface area contributed by atoms with Gasteiger partial charge in [-0.25, -0.2) is 4.79 Å². The summed E-state index contributed by atoms with van der Waals surface area (Å²) in [7, 11) is 1.95. The Kier molecular flexibility index (Phi) is 3.38. The summed E-state index contributed by atoms with van der Waals surface area (Å²) in [6.45, 7) is 6.06. The van der Waals surface area contributed by atoms with Gasteiger partial charge in [-0.2, -0.15) is 0 Å². The highest BCUT2D eigenvalue weighted by Gasteiger charge is 2.34. The number of carbonyl (C=O) groups excluding carboxylic acids is 1. The first kappa shape index (κ1) is 11.7. The van der Waals surface area contributed by atoms with Crippen molar-refractivity contribution in [3.63, 3.8) is 0 Å². The number of nitrogens with zero attached hydrogens (tertiary/aromatic N) is 2. The molecule has 4 heteroatoms. The Hall–Kier alpha value is -0.770. The van der Waals surface area contributed by atoms with Gasteiger partial charge in [-0.1, -0.05) is 0 Å². The standard InChI is InChI=1S/C12H23N3O/c1-9-7-13-8-10(2)15(9)12(16)14(3)11-5-4-6-11/h9-11,13H,4-8H2,1-3H3/t9-,10-/m0/s1. The smallest absolute Gasteiger partial charge is 0.320 e. The van der Waals surface area contributed by atoms with Crippen molar-refractivity contribution in [2.75, 3.05) is 20.1 Å². The van der Waals surface area contributed by atoms with Crippen LogP contribution in [0.25, 0.3) is 0 Å². The number of nitrogens with one attached hydrogen (secondary N) is 1. The Bertz CT molecular complexity index is 255. The fourth-order valence-corrected chi connectivity index (χ4v) is 2.62. The number of rotatable bonds is 1. The maximum atomic E-state index is 12.4. The molecule has 0 aromatic heterocycles. The van der Waals surface area contributed by atoms with Crippen LogP contribution in [0.15, 0.2) is 0 Å². The van der Waals surface area contributed by atoms with E-state index in [4.69, 9.17) is 0 Å². The fourth-order valence-electron chi connectivity index (χ4n) is 2.62. The largest absolute Gasteiger partial charge is 0.325 e. The van der Waals surface area contributed by atoms with E-state index in [-0.39, 0.29) is 6.03 Å². The second-order valence-electron chi connectivity index (χ2n) is 5.24. The minimum Gasteiger partial charge on any atom is -0.325 e. The van der Waals surface area contributed by atoms with Crippen molar-refractivity contribution in [1.82, 2.24) is 15.1 Å². The van der Waals surface area contributed by atoms with Gasteiger partial charge in [-0.15, -0.1) is 0 Å². The third kappa shape index (κ3) is 2.03. The highest BCUT2D eigenvalue weighted by atomic mass is 16.2. The molecule has 2 aliphatic rings. The first-order valence-corrected chi connectivity index (χ1v) is 6.37. The molecule has 1 saturated carbocycles. The average molecular weight is 225 g/mol. The molecule has 2 amide bonds. The van der Waals surface area contributed by atoms with Crippen molar-refractivity contribution in [3.05, 3.63) is 0 Å². The maximum Gasteiger partial charge on any atom is 0.320 e. The zero-order chi connectivity index (χ0) is 11.7. The lowest BCUT2D eigenvalue weighted by Crippen LogP contribution is -2.61. The lowest BCUT2D eigenvalue weighted by atomic mass is 9.92. The van der Waals surface area contributed by atoms with Crippen LogP contribution in [0, 0.1) is 0 Å². The van der Waals surface area contributed by atoms with Gasteiger partial charge in [0.05, 0.1) is 0 Å². The zero-order valence-corrected chi connectivity index (χ0v) is 10.6. The van der Waals surface area contributed by atoms with Crippen molar-refractivity contribution >= 4 is 6.03 Å². The molecule has 1 saturated heterocycles. The van der Waals surface area contributed by atoms with Gasteiger partial charge >= 0.3 is 6.03 Å². The van der Waals surface area contributed by atoms with Crippen LogP contribution < -0.4 is 5.32 Å². The number of piperazine rings is 1. The van der Waals surface area contributed by atoms with E-state index < -0.39 is 0 Å². The molecule has 16 heavy (non-hydrogen) atoms. The van der Waals surface area contributed by atoms with Crippen LogP contribution in [-0.2, 0) is 0 Å². The first-order chi connectivity index (χ1) is 7.61. The Morgan fingerprint density at radius 3 is 2.25 bits per heavy atom. The van der Waals surface area contributed by atoms with Crippen LogP contribution in [0.5, 0.6) is 0 Å². The van der Waals surface area contributed by atoms with E-state index in [0.717, 1.165) is 13.1 Å². The summed E-state index contributed by atoms with van der Waals surface area (Å²) < 4.78 is 0. The predicted molar refractivity (Wildman–Crippen MR) is 64.4 cm³/mol. The highest BCUT2D eigenvalue weighted by Crippen LogP contribution is 2.25. The van der Waals surface area contributed by atoms with Crippen molar-refractivity contribution in [3.8, 4) is 0 Å². The third-order valence-electron chi connectivity index (χ3n) is 3.97. The number of hydrogen-bond donors (Lipinski definition) is 1. The first-order valence-electron chi connectivity index (χ1n) is 6.37. The summed E-state index contributed by atoms with van der Waals surface area (Å²) in [4.78, 5) is 16.4. The molecule has 1 aliphatic heterocycles. The van der Waals surface area contributed by atoms with Crippen LogP contribution in [0.1, 0.15) is 33.1 Å². The normalized spacial score (nSPS) is 31.1. The molecular formula is C12H23N3O. The fraction of sp³-hybridized carbons (Fsp3) is 0.917. The second-order valence-corrected chi connectivity index (χ2v) is 5.24. The molecule has 1 N–H and O–H groups in total. The van der Waals surface area contributed by atoms with Gasteiger partial charge in [0.25, 0.3) is 0 Å². The van der Waals surface area contributed by atoms with Gasteiger partial charge in [0.15, 0.2) is 0 Å². The molecule has 2 rings (SSSR count). The van der Waals surface area contributed by atoms with Crippen molar-refractivity contribution in [1.29, 1.82) is 0 Å². The molecule has 2 atom stereocenters. The Morgan fingerprint density at radius 2 is 1.81 bits per heavy atom. The molecule has 0 aromatic carbocycles. The minimum absolute atomic E-state index is 0.214. The molecule has 0 bridgehead atoms. The van der Waals surface area contributed by atoms with Crippen LogP contribution in [0.4, 0.5) is 4.79 Å². The summed E-state index contributed by atoms with van der Waals surface area (Å²) in [5, 5.41) is 3.35. The Labute approximate surface area is 98.0 Å². The SMILES string of the molecule is C[C@H]1CNC[C@H](C)N1C(=O)N(C)C1CCC1. The van der Waals surface area contributed by atoms with Crippen LogP contribution in [0.3, 0.4) is 0 Å². The van der Waals surface area contributed by atoms with Gasteiger partial charge < -0.3 is 15.1 Å². The maximum absolute atomic E-state index is 12.4. The summed E-state index contributed by atoms with van der Waals surface area (Å²) in [5.41, 5.74) is 0. The average Bonchev–Trinajstić information content (AvgIpc) is 2.14. The number of hydrogen-bond acceptors (Lipinski definition) is 2. The van der Waals surface area contributed by atoms with Crippen molar-refractivity contribution in [2.24, 2.45) is 0 Å². The van der Waals surface area contributed by atoms with E-state index in [9.17, 15) is 4.79 Å². The van der Waals surface area contributed by atoms with E-state index in [1.54, 1.807) is 0 Å². The molecule has 4 nitrogen and oxygen atoms in total. The van der Waals surface area contributed by atoms with E-state index in [2.05, 4.69) is 19.2 Å². The molecule has 0 spiro atoms. The molecule has 1 heterocycles. The minimum atomic E-state index is 0.214. The summed E-state index contributed by atoms with van der Waals surface area (Å²) in [5.74, 6) is 0. The van der Waals surface area contributed by atoms with Crippen molar-refractivity contribution in [2.45, 2.75) is 51.2 Å². The zero-order valence-electron chi connectivity index (χ0n) is 10.6. The molecule has 1 aliphatic carbocycles. The monoisotopic (exact) mass is 225 g/mol.